The minimum absolute atomic E-state index is 0.0612. The molecule has 0 atom stereocenters. The SMILES string of the molecule is CCS(=O)(=O)c1cccnc1S(=O)(=O)NC(=O)Nc1nc(OC)cc(OC)n1.Nc1c([N+](=O)[O-])cnn1-c1c(Cl)cc(C(F)(F)F)cc1Cl. The topological polar surface area (TPSA) is 254 Å². The van der Waals surface area contributed by atoms with Gasteiger partial charge in [0, 0.05) is 6.20 Å². The Bertz CT molecular complexity index is 2070. The van der Waals surface area contributed by atoms with Crippen LogP contribution in [0.1, 0.15) is 12.5 Å². The number of carbonyl (C=O) groups is 1. The standard InChI is InChI=1S/C14H17N5O7S2.C10H5Cl2F3N4O2/c1-4-27(21,22)9-6-5-7-15-12(9)28(23,24)19-14(20)18-13-16-10(25-2)8-11(17-13)26-3;11-5-1-4(10(13,14)15)2-6(12)8(5)18-9(16)7(3-17-18)19(20)21/h5-8H,4H2,1-3H3,(H2,16,17,18,19,20);1-3H,16H2. The summed E-state index contributed by atoms with van der Waals surface area (Å²) in [6.07, 6.45) is -2.69. The number of ether oxygens (including phenoxy) is 2. The highest BCUT2D eigenvalue weighted by Gasteiger charge is 2.33. The monoisotopic (exact) mass is 771 g/mol. The van der Waals surface area contributed by atoms with Crippen LogP contribution in [0.3, 0.4) is 0 Å². The highest BCUT2D eigenvalue weighted by molar-refractivity contribution is 7.93. The van der Waals surface area contributed by atoms with E-state index in [0.717, 1.165) is 23.1 Å². The van der Waals surface area contributed by atoms with E-state index in [1.165, 1.54) is 33.3 Å². The molecule has 264 valence electrons. The number of hydrogen-bond donors (Lipinski definition) is 3. The molecule has 18 nitrogen and oxygen atoms in total. The van der Waals surface area contributed by atoms with Crippen LogP contribution in [-0.4, -0.2) is 72.5 Å². The van der Waals surface area contributed by atoms with Crippen molar-refractivity contribution in [2.75, 3.05) is 31.0 Å². The lowest BCUT2D eigenvalue weighted by atomic mass is 10.2. The zero-order valence-electron chi connectivity index (χ0n) is 24.9. The number of aromatic nitrogens is 5. The molecule has 0 radical (unpaired) electrons. The molecule has 3 heterocycles. The Morgan fingerprint density at radius 1 is 1.08 bits per heavy atom. The number of methoxy groups -OCH3 is 2. The van der Waals surface area contributed by atoms with Gasteiger partial charge < -0.3 is 15.2 Å². The first-order valence-corrected chi connectivity index (χ1v) is 16.7. The molecule has 4 N–H and O–H groups in total. The molecule has 0 saturated carbocycles. The van der Waals surface area contributed by atoms with Crippen molar-refractivity contribution < 1.29 is 49.2 Å². The van der Waals surface area contributed by atoms with Crippen molar-refractivity contribution in [2.45, 2.75) is 23.0 Å². The fourth-order valence-corrected chi connectivity index (χ4v) is 6.73. The van der Waals surface area contributed by atoms with E-state index in [-0.39, 0.29) is 39.2 Å². The van der Waals surface area contributed by atoms with Crippen molar-refractivity contribution in [3.63, 3.8) is 0 Å². The van der Waals surface area contributed by atoms with Crippen LogP contribution in [0, 0.1) is 10.1 Å². The van der Waals surface area contributed by atoms with Crippen LogP contribution in [0.5, 0.6) is 11.8 Å². The molecule has 3 aromatic heterocycles. The number of sulfone groups is 1. The van der Waals surface area contributed by atoms with Crippen molar-refractivity contribution in [1.82, 2.24) is 29.5 Å². The number of alkyl halides is 3. The number of nitrogen functional groups attached to an aromatic ring is 1. The highest BCUT2D eigenvalue weighted by Crippen LogP contribution is 2.39. The first-order chi connectivity index (χ1) is 22.7. The average molecular weight is 773 g/mol. The lowest BCUT2D eigenvalue weighted by Crippen LogP contribution is -2.36. The Hall–Kier alpha value is -5.00. The summed E-state index contributed by atoms with van der Waals surface area (Å²) in [6.45, 7) is 1.35. The normalized spacial score (nSPS) is 11.6. The van der Waals surface area contributed by atoms with Crippen LogP contribution in [0.2, 0.25) is 10.0 Å². The van der Waals surface area contributed by atoms with E-state index in [9.17, 15) is 44.9 Å². The maximum absolute atomic E-state index is 12.6. The van der Waals surface area contributed by atoms with Crippen molar-refractivity contribution in [2.24, 2.45) is 0 Å². The van der Waals surface area contributed by atoms with Crippen molar-refractivity contribution >= 4 is 66.5 Å². The van der Waals surface area contributed by atoms with Gasteiger partial charge in [-0.25, -0.2) is 27.6 Å². The molecule has 0 aliphatic rings. The maximum Gasteiger partial charge on any atom is 0.416 e. The van der Waals surface area contributed by atoms with E-state index in [1.807, 2.05) is 0 Å². The van der Waals surface area contributed by atoms with E-state index in [2.05, 4.69) is 25.4 Å². The molecule has 0 aliphatic carbocycles. The summed E-state index contributed by atoms with van der Waals surface area (Å²) in [5.41, 5.74) is 3.78. The Balaban J connectivity index is 0.000000276. The Morgan fingerprint density at radius 2 is 1.65 bits per heavy atom. The number of halogens is 5. The van der Waals surface area contributed by atoms with Gasteiger partial charge in [0.25, 0.3) is 10.0 Å². The molecular formula is C24H22Cl2F3N9O9S2. The number of rotatable bonds is 9. The van der Waals surface area contributed by atoms with Gasteiger partial charge in [-0.05, 0) is 24.3 Å². The fraction of sp³-hybridized carbons (Fsp3) is 0.208. The van der Waals surface area contributed by atoms with E-state index >= 15 is 0 Å². The minimum atomic E-state index is -4.63. The number of sulfonamides is 1. The minimum Gasteiger partial charge on any atom is -0.481 e. The second kappa shape index (κ2) is 15.0. The first-order valence-electron chi connectivity index (χ1n) is 12.8. The van der Waals surface area contributed by atoms with Crippen LogP contribution in [0.25, 0.3) is 5.69 Å². The molecule has 0 spiro atoms. The molecule has 4 rings (SSSR count). The van der Waals surface area contributed by atoms with Gasteiger partial charge in [0.2, 0.25) is 23.5 Å². The predicted octanol–water partition coefficient (Wildman–Crippen LogP) is 3.88. The van der Waals surface area contributed by atoms with Gasteiger partial charge in [-0.15, -0.1) is 0 Å². The Kier molecular flexibility index (Phi) is 11.8. The van der Waals surface area contributed by atoms with E-state index in [1.54, 1.807) is 4.72 Å². The zero-order valence-corrected chi connectivity index (χ0v) is 28.0. The van der Waals surface area contributed by atoms with Crippen LogP contribution in [-0.2, 0) is 26.0 Å². The first kappa shape index (κ1) is 38.4. The van der Waals surface area contributed by atoms with Crippen LogP contribution in [0.4, 0.5) is 35.4 Å². The predicted molar refractivity (Wildman–Crippen MR) is 166 cm³/mol. The molecule has 4 aromatic rings. The number of amides is 2. The summed E-state index contributed by atoms with van der Waals surface area (Å²) in [5, 5.41) is 14.8. The third kappa shape index (κ3) is 9.13. The second-order valence-corrected chi connectivity index (χ2v) is 13.6. The van der Waals surface area contributed by atoms with Crippen molar-refractivity contribution in [3.05, 3.63) is 68.4 Å². The molecular weight excluding hydrogens is 750 g/mol. The van der Waals surface area contributed by atoms with Gasteiger partial charge in [-0.3, -0.25) is 15.4 Å². The summed E-state index contributed by atoms with van der Waals surface area (Å²) in [5.74, 6) is -0.919. The largest absolute Gasteiger partial charge is 0.481 e. The molecule has 2 amide bonds. The van der Waals surface area contributed by atoms with Crippen molar-refractivity contribution in [3.8, 4) is 17.4 Å². The number of carbonyl (C=O) groups excluding carboxylic acids is 1. The number of benzene rings is 1. The quantitative estimate of drug-likeness (QED) is 0.161. The third-order valence-electron chi connectivity index (χ3n) is 5.79. The Morgan fingerprint density at radius 3 is 2.12 bits per heavy atom. The summed E-state index contributed by atoms with van der Waals surface area (Å²) in [7, 11) is -5.85. The molecule has 0 saturated heterocycles. The van der Waals surface area contributed by atoms with Crippen molar-refractivity contribution in [1.29, 1.82) is 0 Å². The van der Waals surface area contributed by atoms with Gasteiger partial charge in [0.05, 0.1) is 46.6 Å². The number of hydrogen-bond acceptors (Lipinski definition) is 14. The third-order valence-corrected chi connectivity index (χ3v) is 9.55. The highest BCUT2D eigenvalue weighted by atomic mass is 35.5. The van der Waals surface area contributed by atoms with Gasteiger partial charge in [-0.2, -0.15) is 36.7 Å². The molecule has 25 heteroatoms. The lowest BCUT2D eigenvalue weighted by molar-refractivity contribution is -0.383. The number of nitrogens with zero attached hydrogens (tertiary/aromatic N) is 6. The van der Waals surface area contributed by atoms with Gasteiger partial charge >= 0.3 is 17.9 Å². The molecule has 49 heavy (non-hydrogen) atoms. The van der Waals surface area contributed by atoms with E-state index in [0.29, 0.717) is 12.1 Å². The summed E-state index contributed by atoms with van der Waals surface area (Å²) in [4.78, 5) is 32.7. The van der Waals surface area contributed by atoms with Gasteiger partial charge in [0.15, 0.2) is 14.9 Å². The van der Waals surface area contributed by atoms with Crippen LogP contribution < -0.4 is 25.2 Å². The number of nitro groups is 1. The summed E-state index contributed by atoms with van der Waals surface area (Å²) >= 11 is 11.5. The number of nitrogens with one attached hydrogen (secondary N) is 2. The summed E-state index contributed by atoms with van der Waals surface area (Å²) < 4.78 is 99.3. The average Bonchev–Trinajstić information content (AvgIpc) is 3.40. The molecule has 0 unspecified atom stereocenters. The smallest absolute Gasteiger partial charge is 0.416 e. The van der Waals surface area contributed by atoms with Gasteiger partial charge in [0.1, 0.15) is 16.8 Å². The zero-order chi connectivity index (χ0) is 36.9. The summed E-state index contributed by atoms with van der Waals surface area (Å²) in [6, 6.07) is 3.74. The van der Waals surface area contributed by atoms with Crippen LogP contribution in [0.15, 0.2) is 52.6 Å². The molecule has 0 bridgehead atoms. The number of pyridine rings is 1. The number of anilines is 2. The van der Waals surface area contributed by atoms with Gasteiger partial charge in [-0.1, -0.05) is 30.1 Å². The molecule has 1 aromatic carbocycles. The molecule has 0 fully saturated rings. The number of nitrogens with two attached hydrogens (primary N) is 1. The fourth-order valence-electron chi connectivity index (χ4n) is 3.54. The lowest BCUT2D eigenvalue weighted by Gasteiger charge is -2.12. The number of urea groups is 1. The van der Waals surface area contributed by atoms with E-state index in [4.69, 9.17) is 38.4 Å². The maximum atomic E-state index is 12.6. The van der Waals surface area contributed by atoms with E-state index < -0.39 is 64.0 Å². The second-order valence-electron chi connectivity index (χ2n) is 8.92. The van der Waals surface area contributed by atoms with Crippen LogP contribution >= 0.6 is 23.2 Å². The molecule has 0 aliphatic heterocycles. The Labute approximate surface area is 284 Å².